The van der Waals surface area contributed by atoms with Crippen molar-refractivity contribution in [2.75, 3.05) is 0 Å². The van der Waals surface area contributed by atoms with Gasteiger partial charge in [-0.05, 0) is 49.9 Å². The van der Waals surface area contributed by atoms with E-state index in [1.54, 1.807) is 13.8 Å². The van der Waals surface area contributed by atoms with E-state index in [-0.39, 0.29) is 16.9 Å². The van der Waals surface area contributed by atoms with Crippen molar-refractivity contribution >= 4 is 10.0 Å². The zero-order valence-corrected chi connectivity index (χ0v) is 12.9. The average Bonchev–Trinajstić information content (AvgIpc) is 2.24. The van der Waals surface area contributed by atoms with E-state index in [0.29, 0.717) is 11.1 Å². The fourth-order valence-electron chi connectivity index (χ4n) is 2.09. The van der Waals surface area contributed by atoms with Crippen LogP contribution in [0.1, 0.15) is 38.3 Å². The van der Waals surface area contributed by atoms with Crippen molar-refractivity contribution in [3.8, 4) is 0 Å². The van der Waals surface area contributed by atoms with Crippen LogP contribution in [0.2, 0.25) is 0 Å². The maximum absolute atomic E-state index is 13.2. The van der Waals surface area contributed by atoms with Gasteiger partial charge in [0.2, 0.25) is 10.0 Å². The van der Waals surface area contributed by atoms with E-state index in [0.717, 1.165) is 6.42 Å². The van der Waals surface area contributed by atoms with Crippen LogP contribution >= 0.6 is 0 Å². The molecule has 1 aromatic rings. The number of hydrogen-bond acceptors (Lipinski definition) is 2. The molecule has 0 bridgehead atoms. The molecule has 0 saturated heterocycles. The number of benzene rings is 1. The van der Waals surface area contributed by atoms with Gasteiger partial charge in [0.25, 0.3) is 0 Å². The number of hydrogen-bond donors (Lipinski definition) is 1. The van der Waals surface area contributed by atoms with Gasteiger partial charge in [-0.1, -0.05) is 20.3 Å². The van der Waals surface area contributed by atoms with Crippen molar-refractivity contribution < 1.29 is 12.8 Å². The standard InChI is InChI=1S/C14H22FNO2S/c1-6-9(2)12(5)16-19(17,18)14-10(3)7-13(15)8-11(14)4/h7-9,12,16H,6H2,1-5H3. The van der Waals surface area contributed by atoms with Crippen molar-refractivity contribution in [2.24, 2.45) is 5.92 Å². The Morgan fingerprint density at radius 3 is 2.11 bits per heavy atom. The maximum atomic E-state index is 13.2. The predicted molar refractivity (Wildman–Crippen MR) is 75.1 cm³/mol. The molecule has 3 nitrogen and oxygen atoms in total. The molecule has 0 fully saturated rings. The van der Waals surface area contributed by atoms with E-state index < -0.39 is 15.8 Å². The largest absolute Gasteiger partial charge is 0.241 e. The summed E-state index contributed by atoms with van der Waals surface area (Å²) in [5, 5.41) is 0. The summed E-state index contributed by atoms with van der Waals surface area (Å²) in [6, 6.07) is 2.34. The fourth-order valence-corrected chi connectivity index (χ4v) is 3.90. The van der Waals surface area contributed by atoms with Gasteiger partial charge < -0.3 is 0 Å². The first-order valence-electron chi connectivity index (χ1n) is 6.48. The van der Waals surface area contributed by atoms with Crippen LogP contribution in [0.5, 0.6) is 0 Å². The lowest BCUT2D eigenvalue weighted by Gasteiger charge is -2.21. The van der Waals surface area contributed by atoms with Gasteiger partial charge in [-0.3, -0.25) is 0 Å². The quantitative estimate of drug-likeness (QED) is 0.904. The third-order valence-electron chi connectivity index (χ3n) is 3.53. The van der Waals surface area contributed by atoms with E-state index in [1.165, 1.54) is 12.1 Å². The molecule has 1 N–H and O–H groups in total. The van der Waals surface area contributed by atoms with Crippen LogP contribution in [0.25, 0.3) is 0 Å². The Balaban J connectivity index is 3.15. The van der Waals surface area contributed by atoms with Crippen molar-refractivity contribution in [1.82, 2.24) is 4.72 Å². The van der Waals surface area contributed by atoms with Crippen molar-refractivity contribution in [2.45, 2.75) is 52.0 Å². The Kier molecular flexibility index (Phi) is 5.10. The number of aryl methyl sites for hydroxylation is 2. The topological polar surface area (TPSA) is 46.2 Å². The zero-order chi connectivity index (χ0) is 14.8. The van der Waals surface area contributed by atoms with Crippen LogP contribution < -0.4 is 4.72 Å². The highest BCUT2D eigenvalue weighted by Gasteiger charge is 2.24. The Morgan fingerprint density at radius 2 is 1.68 bits per heavy atom. The minimum atomic E-state index is -3.61. The van der Waals surface area contributed by atoms with Gasteiger partial charge in [0.1, 0.15) is 5.82 Å². The third kappa shape index (κ3) is 3.76. The number of sulfonamides is 1. The molecule has 2 unspecified atom stereocenters. The van der Waals surface area contributed by atoms with Gasteiger partial charge in [-0.15, -0.1) is 0 Å². The summed E-state index contributed by atoms with van der Waals surface area (Å²) >= 11 is 0. The highest BCUT2D eigenvalue weighted by molar-refractivity contribution is 7.89. The summed E-state index contributed by atoms with van der Waals surface area (Å²) in [5.41, 5.74) is 0.864. The normalized spacial score (nSPS) is 15.3. The van der Waals surface area contributed by atoms with Crippen LogP contribution in [0.15, 0.2) is 17.0 Å². The molecular weight excluding hydrogens is 265 g/mol. The molecule has 0 aliphatic heterocycles. The van der Waals surface area contributed by atoms with Crippen LogP contribution in [-0.4, -0.2) is 14.5 Å². The van der Waals surface area contributed by atoms with Crippen molar-refractivity contribution in [1.29, 1.82) is 0 Å². The van der Waals surface area contributed by atoms with Gasteiger partial charge in [-0.25, -0.2) is 17.5 Å². The lowest BCUT2D eigenvalue weighted by atomic mass is 10.0. The van der Waals surface area contributed by atoms with E-state index in [1.807, 2.05) is 20.8 Å². The van der Waals surface area contributed by atoms with Crippen molar-refractivity contribution in [3.63, 3.8) is 0 Å². The summed E-state index contributed by atoms with van der Waals surface area (Å²) in [4.78, 5) is 0.184. The average molecular weight is 287 g/mol. The second-order valence-electron chi connectivity index (χ2n) is 5.16. The number of nitrogens with one attached hydrogen (secondary N) is 1. The first kappa shape index (κ1) is 16.1. The lowest BCUT2D eigenvalue weighted by Crippen LogP contribution is -2.37. The van der Waals surface area contributed by atoms with Crippen LogP contribution in [-0.2, 0) is 10.0 Å². The highest BCUT2D eigenvalue weighted by Crippen LogP contribution is 2.22. The minimum Gasteiger partial charge on any atom is -0.208 e. The molecule has 0 amide bonds. The van der Waals surface area contributed by atoms with Gasteiger partial charge in [0.15, 0.2) is 0 Å². The smallest absolute Gasteiger partial charge is 0.208 e. The molecule has 1 rings (SSSR count). The molecule has 0 aromatic heterocycles. The van der Waals surface area contributed by atoms with Gasteiger partial charge >= 0.3 is 0 Å². The minimum absolute atomic E-state index is 0.154. The fraction of sp³-hybridized carbons (Fsp3) is 0.571. The summed E-state index contributed by atoms with van der Waals surface area (Å²) in [6.45, 7) is 9.08. The Labute approximate surface area is 115 Å². The first-order valence-corrected chi connectivity index (χ1v) is 7.96. The van der Waals surface area contributed by atoms with Gasteiger partial charge in [0, 0.05) is 6.04 Å². The predicted octanol–water partition coefficient (Wildman–Crippen LogP) is 3.16. The molecule has 1 aromatic carbocycles. The zero-order valence-electron chi connectivity index (χ0n) is 12.1. The first-order chi connectivity index (χ1) is 8.69. The summed E-state index contributed by atoms with van der Waals surface area (Å²) < 4.78 is 40.7. The molecule has 0 saturated carbocycles. The highest BCUT2D eigenvalue weighted by atomic mass is 32.2. The molecule has 0 aliphatic carbocycles. The SMILES string of the molecule is CCC(C)C(C)NS(=O)(=O)c1c(C)cc(F)cc1C. The third-order valence-corrected chi connectivity index (χ3v) is 5.40. The molecule has 0 spiro atoms. The molecule has 0 aliphatic rings. The molecule has 2 atom stereocenters. The van der Waals surface area contributed by atoms with Crippen LogP contribution in [0.3, 0.4) is 0 Å². The molecule has 0 radical (unpaired) electrons. The molecular formula is C14H22FNO2S. The van der Waals surface area contributed by atoms with Gasteiger partial charge in [-0.2, -0.15) is 0 Å². The summed E-state index contributed by atoms with van der Waals surface area (Å²) in [5.74, 6) is -0.167. The molecule has 5 heteroatoms. The van der Waals surface area contributed by atoms with Crippen molar-refractivity contribution in [3.05, 3.63) is 29.1 Å². The second-order valence-corrected chi connectivity index (χ2v) is 6.82. The van der Waals surface area contributed by atoms with Gasteiger partial charge in [0.05, 0.1) is 4.90 Å². The monoisotopic (exact) mass is 287 g/mol. The Hall–Kier alpha value is -0.940. The second kappa shape index (κ2) is 6.01. The maximum Gasteiger partial charge on any atom is 0.241 e. The number of halogens is 1. The Bertz CT molecular complexity index is 532. The molecule has 0 heterocycles. The van der Waals surface area contributed by atoms with E-state index in [4.69, 9.17) is 0 Å². The lowest BCUT2D eigenvalue weighted by molar-refractivity contribution is 0.433. The summed E-state index contributed by atoms with van der Waals surface area (Å²) in [7, 11) is -3.61. The van der Waals surface area contributed by atoms with Crippen LogP contribution in [0.4, 0.5) is 4.39 Å². The Morgan fingerprint density at radius 1 is 1.21 bits per heavy atom. The van der Waals surface area contributed by atoms with E-state index >= 15 is 0 Å². The molecule has 19 heavy (non-hydrogen) atoms. The number of rotatable bonds is 5. The van der Waals surface area contributed by atoms with Crippen LogP contribution in [0, 0.1) is 25.6 Å². The van der Waals surface area contributed by atoms with E-state index in [9.17, 15) is 12.8 Å². The summed E-state index contributed by atoms with van der Waals surface area (Å²) in [6.07, 6.45) is 0.894. The molecule has 108 valence electrons. The van der Waals surface area contributed by atoms with E-state index in [2.05, 4.69) is 4.72 Å².